The van der Waals surface area contributed by atoms with Crippen molar-refractivity contribution in [3.63, 3.8) is 0 Å². The molecule has 2 amide bonds. The highest BCUT2D eigenvalue weighted by molar-refractivity contribution is 5.89. The van der Waals surface area contributed by atoms with Crippen LogP contribution in [-0.4, -0.2) is 28.6 Å². The monoisotopic (exact) mass is 299 g/mol. The molecule has 3 N–H and O–H groups in total. The largest absolute Gasteiger partial charge is 0.481 e. The first-order chi connectivity index (χ1) is 9.90. The third-order valence-corrected chi connectivity index (χ3v) is 2.51. The van der Waals surface area contributed by atoms with Gasteiger partial charge < -0.3 is 15.7 Å². The summed E-state index contributed by atoms with van der Waals surface area (Å²) >= 11 is 0. The van der Waals surface area contributed by atoms with Gasteiger partial charge in [-0.15, -0.1) is 0 Å². The number of hydrogen-bond acceptors (Lipinski definition) is 4. The maximum atomic E-state index is 13.3. The summed E-state index contributed by atoms with van der Waals surface area (Å²) in [6.07, 6.45) is 0.951. The number of hydrogen-bond donors (Lipinski definition) is 3. The normalized spacial score (nSPS) is 9.95. The van der Waals surface area contributed by atoms with Crippen LogP contribution in [0.15, 0.2) is 18.2 Å². The van der Waals surface area contributed by atoms with Crippen LogP contribution < -0.4 is 10.6 Å². The number of urea groups is 1. The highest BCUT2D eigenvalue weighted by Crippen LogP contribution is 2.20. The van der Waals surface area contributed by atoms with E-state index in [1.165, 1.54) is 6.07 Å². The van der Waals surface area contributed by atoms with Crippen molar-refractivity contribution >= 4 is 23.4 Å². The number of amides is 2. The van der Waals surface area contributed by atoms with Crippen molar-refractivity contribution in [1.29, 1.82) is 0 Å². The number of unbranched alkanes of at least 4 members (excludes halogenated alkanes) is 1. The van der Waals surface area contributed by atoms with E-state index < -0.39 is 28.4 Å². The van der Waals surface area contributed by atoms with E-state index in [4.69, 9.17) is 5.11 Å². The van der Waals surface area contributed by atoms with Crippen LogP contribution in [0.5, 0.6) is 0 Å². The zero-order valence-corrected chi connectivity index (χ0v) is 11.0. The van der Waals surface area contributed by atoms with Crippen LogP contribution in [0.25, 0.3) is 0 Å². The first-order valence-electron chi connectivity index (χ1n) is 6.10. The summed E-state index contributed by atoms with van der Waals surface area (Å²) < 4.78 is 13.3. The molecule has 0 saturated heterocycles. The average molecular weight is 299 g/mol. The van der Waals surface area contributed by atoms with E-state index in [1.54, 1.807) is 0 Å². The zero-order valence-electron chi connectivity index (χ0n) is 11.0. The van der Waals surface area contributed by atoms with Gasteiger partial charge in [0.1, 0.15) is 0 Å². The minimum absolute atomic E-state index is 0.0247. The van der Waals surface area contributed by atoms with Crippen LogP contribution in [0.1, 0.15) is 19.3 Å². The van der Waals surface area contributed by atoms with Gasteiger partial charge in [0.2, 0.25) is 5.82 Å². The lowest BCUT2D eigenvalue weighted by molar-refractivity contribution is -0.387. The molecule has 0 radical (unpaired) electrons. The van der Waals surface area contributed by atoms with Crippen molar-refractivity contribution in [2.24, 2.45) is 0 Å². The van der Waals surface area contributed by atoms with E-state index in [0.717, 1.165) is 12.1 Å². The molecule has 0 aromatic heterocycles. The lowest BCUT2D eigenvalue weighted by Crippen LogP contribution is -2.29. The number of anilines is 1. The molecule has 1 rings (SSSR count). The second-order valence-corrected chi connectivity index (χ2v) is 4.16. The predicted molar refractivity (Wildman–Crippen MR) is 71.6 cm³/mol. The number of carboxylic acids is 1. The van der Waals surface area contributed by atoms with Crippen molar-refractivity contribution in [2.75, 3.05) is 11.9 Å². The summed E-state index contributed by atoms with van der Waals surface area (Å²) in [6.45, 7) is 0.272. The summed E-state index contributed by atoms with van der Waals surface area (Å²) in [5.74, 6) is -1.94. The highest BCUT2D eigenvalue weighted by Gasteiger charge is 2.14. The van der Waals surface area contributed by atoms with Gasteiger partial charge in [-0.25, -0.2) is 4.79 Å². The van der Waals surface area contributed by atoms with Gasteiger partial charge in [-0.05, 0) is 18.9 Å². The van der Waals surface area contributed by atoms with Crippen molar-refractivity contribution in [1.82, 2.24) is 5.32 Å². The second-order valence-electron chi connectivity index (χ2n) is 4.16. The fraction of sp³-hybridized carbons (Fsp3) is 0.333. The van der Waals surface area contributed by atoms with E-state index in [-0.39, 0.29) is 18.7 Å². The van der Waals surface area contributed by atoms with Crippen molar-refractivity contribution in [2.45, 2.75) is 19.3 Å². The molecule has 0 aliphatic carbocycles. The first kappa shape index (κ1) is 16.3. The number of carboxylic acid groups (broad SMARTS) is 1. The van der Waals surface area contributed by atoms with E-state index in [0.29, 0.717) is 12.8 Å². The number of nitrogens with zero attached hydrogens (tertiary/aromatic N) is 1. The molecule has 0 spiro atoms. The zero-order chi connectivity index (χ0) is 15.8. The molecule has 0 atom stereocenters. The standard InChI is InChI=1S/C12H14FN3O5/c13-9-7-8(4-5-10(9)16(20)21)15-12(19)14-6-2-1-3-11(17)18/h4-5,7H,1-3,6H2,(H,17,18)(H2,14,15,19). The van der Waals surface area contributed by atoms with Crippen LogP contribution in [0.4, 0.5) is 20.6 Å². The van der Waals surface area contributed by atoms with E-state index in [2.05, 4.69) is 10.6 Å². The van der Waals surface area contributed by atoms with Gasteiger partial charge in [-0.1, -0.05) is 0 Å². The molecular weight excluding hydrogens is 285 g/mol. The Bertz CT molecular complexity index is 550. The number of carbonyl (C=O) groups is 2. The van der Waals surface area contributed by atoms with Crippen LogP contribution >= 0.6 is 0 Å². The minimum Gasteiger partial charge on any atom is -0.481 e. The Morgan fingerprint density at radius 3 is 2.62 bits per heavy atom. The summed E-state index contributed by atoms with van der Waals surface area (Å²) in [5, 5.41) is 23.6. The van der Waals surface area contributed by atoms with Gasteiger partial charge in [0.05, 0.1) is 4.92 Å². The Balaban J connectivity index is 2.39. The van der Waals surface area contributed by atoms with Crippen LogP contribution in [0.2, 0.25) is 0 Å². The van der Waals surface area contributed by atoms with Crippen LogP contribution in [-0.2, 0) is 4.79 Å². The van der Waals surface area contributed by atoms with Gasteiger partial charge in [0, 0.05) is 30.8 Å². The third-order valence-electron chi connectivity index (χ3n) is 2.51. The number of rotatable bonds is 7. The fourth-order valence-corrected chi connectivity index (χ4v) is 1.51. The molecule has 114 valence electrons. The number of benzene rings is 1. The number of halogens is 1. The summed E-state index contributed by atoms with van der Waals surface area (Å²) in [7, 11) is 0. The number of carbonyl (C=O) groups excluding carboxylic acids is 1. The molecule has 9 heteroatoms. The Morgan fingerprint density at radius 1 is 1.33 bits per heavy atom. The van der Waals surface area contributed by atoms with E-state index >= 15 is 0 Å². The molecule has 0 fully saturated rings. The molecule has 0 aliphatic heterocycles. The SMILES string of the molecule is O=C(O)CCCCNC(=O)Nc1ccc([N+](=O)[O-])c(F)c1. The lowest BCUT2D eigenvalue weighted by Gasteiger charge is -2.07. The Kier molecular flexibility index (Phi) is 6.05. The van der Waals surface area contributed by atoms with Gasteiger partial charge >= 0.3 is 17.7 Å². The maximum Gasteiger partial charge on any atom is 0.319 e. The summed E-state index contributed by atoms with van der Waals surface area (Å²) in [6, 6.07) is 2.42. The summed E-state index contributed by atoms with van der Waals surface area (Å²) in [5.41, 5.74) is -0.587. The third kappa shape index (κ3) is 5.85. The maximum absolute atomic E-state index is 13.3. The fourth-order valence-electron chi connectivity index (χ4n) is 1.51. The molecule has 8 nitrogen and oxygen atoms in total. The van der Waals surface area contributed by atoms with Gasteiger partial charge in [0.25, 0.3) is 0 Å². The molecule has 1 aromatic rings. The number of nitro groups is 1. The smallest absolute Gasteiger partial charge is 0.319 e. The summed E-state index contributed by atoms with van der Waals surface area (Å²) in [4.78, 5) is 31.3. The lowest BCUT2D eigenvalue weighted by atomic mass is 10.2. The van der Waals surface area contributed by atoms with Crippen LogP contribution in [0, 0.1) is 15.9 Å². The Morgan fingerprint density at radius 2 is 2.05 bits per heavy atom. The Labute approximate surface area is 119 Å². The topological polar surface area (TPSA) is 122 Å². The number of aliphatic carboxylic acids is 1. The first-order valence-corrected chi connectivity index (χ1v) is 6.10. The average Bonchev–Trinajstić information content (AvgIpc) is 2.37. The number of nitrogens with one attached hydrogen (secondary N) is 2. The van der Waals surface area contributed by atoms with E-state index in [9.17, 15) is 24.1 Å². The Hall–Kier alpha value is -2.71. The van der Waals surface area contributed by atoms with E-state index in [1.807, 2.05) is 0 Å². The molecule has 0 unspecified atom stereocenters. The second kappa shape index (κ2) is 7.78. The molecule has 0 saturated carbocycles. The molecule has 21 heavy (non-hydrogen) atoms. The molecule has 1 aromatic carbocycles. The quantitative estimate of drug-likeness (QED) is 0.404. The van der Waals surface area contributed by atoms with Crippen molar-refractivity contribution in [3.05, 3.63) is 34.1 Å². The molecule has 0 heterocycles. The molecule has 0 bridgehead atoms. The predicted octanol–water partition coefficient (Wildman–Crippen LogP) is 2.11. The van der Waals surface area contributed by atoms with Crippen molar-refractivity contribution in [3.8, 4) is 0 Å². The van der Waals surface area contributed by atoms with Gasteiger partial charge in [-0.2, -0.15) is 4.39 Å². The minimum atomic E-state index is -1.04. The number of nitro benzene ring substituents is 1. The van der Waals surface area contributed by atoms with Gasteiger partial charge in [-0.3, -0.25) is 14.9 Å². The van der Waals surface area contributed by atoms with Crippen LogP contribution in [0.3, 0.4) is 0 Å². The highest BCUT2D eigenvalue weighted by atomic mass is 19.1. The van der Waals surface area contributed by atoms with Gasteiger partial charge in [0.15, 0.2) is 0 Å². The van der Waals surface area contributed by atoms with Crippen molar-refractivity contribution < 1.29 is 24.0 Å². The molecular formula is C12H14FN3O5. The molecule has 0 aliphatic rings.